The third-order valence-electron chi connectivity index (χ3n) is 4.23. The summed E-state index contributed by atoms with van der Waals surface area (Å²) in [5.41, 5.74) is 7.88. The van der Waals surface area contributed by atoms with Gasteiger partial charge in [0, 0.05) is 11.5 Å². The predicted molar refractivity (Wildman–Crippen MR) is 64.5 cm³/mol. The Morgan fingerprint density at radius 2 is 1.94 bits per heavy atom. The SMILES string of the molecule is NC1(C2COc3ccccc3C2)CCCC1. The van der Waals surface area contributed by atoms with Crippen molar-refractivity contribution in [2.45, 2.75) is 37.6 Å². The van der Waals surface area contributed by atoms with E-state index in [2.05, 4.69) is 18.2 Å². The zero-order valence-corrected chi connectivity index (χ0v) is 9.61. The molecule has 1 heterocycles. The lowest BCUT2D eigenvalue weighted by Gasteiger charge is -2.37. The zero-order chi connectivity index (χ0) is 11.0. The molecule has 2 aliphatic rings. The Morgan fingerprint density at radius 3 is 2.75 bits per heavy atom. The summed E-state index contributed by atoms with van der Waals surface area (Å²) in [5, 5.41) is 0. The van der Waals surface area contributed by atoms with E-state index in [1.54, 1.807) is 0 Å². The minimum atomic E-state index is 0.0352. The highest BCUT2D eigenvalue weighted by Gasteiger charge is 2.39. The largest absolute Gasteiger partial charge is 0.493 e. The number of ether oxygens (including phenoxy) is 1. The molecule has 1 aromatic rings. The van der Waals surface area contributed by atoms with E-state index in [1.807, 2.05) is 6.07 Å². The zero-order valence-electron chi connectivity index (χ0n) is 9.61. The van der Waals surface area contributed by atoms with E-state index in [4.69, 9.17) is 10.5 Å². The van der Waals surface area contributed by atoms with Gasteiger partial charge in [0.25, 0.3) is 0 Å². The maximum Gasteiger partial charge on any atom is 0.122 e. The van der Waals surface area contributed by atoms with Gasteiger partial charge in [0.05, 0.1) is 6.61 Å². The monoisotopic (exact) mass is 217 g/mol. The highest BCUT2D eigenvalue weighted by atomic mass is 16.5. The molecule has 0 saturated heterocycles. The van der Waals surface area contributed by atoms with Crippen LogP contribution in [0.25, 0.3) is 0 Å². The summed E-state index contributed by atoms with van der Waals surface area (Å²) in [7, 11) is 0. The van der Waals surface area contributed by atoms with Crippen LogP contribution in [0.2, 0.25) is 0 Å². The average molecular weight is 217 g/mol. The van der Waals surface area contributed by atoms with Crippen LogP contribution in [0.15, 0.2) is 24.3 Å². The Bertz CT molecular complexity index is 382. The van der Waals surface area contributed by atoms with E-state index in [9.17, 15) is 0 Å². The van der Waals surface area contributed by atoms with Crippen molar-refractivity contribution in [3.05, 3.63) is 29.8 Å². The highest BCUT2D eigenvalue weighted by molar-refractivity contribution is 5.35. The molecule has 1 unspecified atom stereocenters. The number of hydrogen-bond acceptors (Lipinski definition) is 2. The minimum absolute atomic E-state index is 0.0352. The topological polar surface area (TPSA) is 35.2 Å². The van der Waals surface area contributed by atoms with Gasteiger partial charge in [0.15, 0.2) is 0 Å². The lowest BCUT2D eigenvalue weighted by Crippen LogP contribution is -2.49. The van der Waals surface area contributed by atoms with Crippen LogP contribution in [0.3, 0.4) is 0 Å². The van der Waals surface area contributed by atoms with Crippen molar-refractivity contribution < 1.29 is 4.74 Å². The van der Waals surface area contributed by atoms with Crippen LogP contribution in [-0.2, 0) is 6.42 Å². The summed E-state index contributed by atoms with van der Waals surface area (Å²) < 4.78 is 5.83. The summed E-state index contributed by atoms with van der Waals surface area (Å²) >= 11 is 0. The lowest BCUT2D eigenvalue weighted by molar-refractivity contribution is 0.148. The Kier molecular flexibility index (Phi) is 2.40. The van der Waals surface area contributed by atoms with Gasteiger partial charge in [-0.3, -0.25) is 0 Å². The maximum absolute atomic E-state index is 6.51. The molecule has 1 fully saturated rings. The van der Waals surface area contributed by atoms with Crippen molar-refractivity contribution in [2.24, 2.45) is 11.7 Å². The minimum Gasteiger partial charge on any atom is -0.493 e. The van der Waals surface area contributed by atoms with E-state index < -0.39 is 0 Å². The van der Waals surface area contributed by atoms with E-state index in [0.717, 1.165) is 18.8 Å². The molecule has 1 aliphatic carbocycles. The molecular weight excluding hydrogens is 198 g/mol. The second-order valence-corrected chi connectivity index (χ2v) is 5.26. The van der Waals surface area contributed by atoms with Gasteiger partial charge in [0.2, 0.25) is 0 Å². The van der Waals surface area contributed by atoms with Crippen molar-refractivity contribution in [1.29, 1.82) is 0 Å². The molecule has 1 aliphatic heterocycles. The van der Waals surface area contributed by atoms with Gasteiger partial charge in [-0.2, -0.15) is 0 Å². The standard InChI is InChI=1S/C14H19NO/c15-14(7-3-4-8-14)12-9-11-5-1-2-6-13(11)16-10-12/h1-2,5-6,12H,3-4,7-10,15H2. The molecule has 0 amide bonds. The molecule has 3 rings (SSSR count). The normalized spacial score (nSPS) is 27.2. The summed E-state index contributed by atoms with van der Waals surface area (Å²) in [5.74, 6) is 1.56. The van der Waals surface area contributed by atoms with Gasteiger partial charge in [-0.05, 0) is 30.9 Å². The first-order chi connectivity index (χ1) is 7.78. The molecule has 1 aromatic carbocycles. The molecule has 2 N–H and O–H groups in total. The number of para-hydroxylation sites is 1. The number of hydrogen-bond donors (Lipinski definition) is 1. The maximum atomic E-state index is 6.51. The Labute approximate surface area is 96.8 Å². The quantitative estimate of drug-likeness (QED) is 0.784. The third kappa shape index (κ3) is 1.61. The number of fused-ring (bicyclic) bond motifs is 1. The van der Waals surface area contributed by atoms with Crippen LogP contribution in [0.1, 0.15) is 31.2 Å². The van der Waals surface area contributed by atoms with Crippen LogP contribution >= 0.6 is 0 Å². The summed E-state index contributed by atoms with van der Waals surface area (Å²) in [6, 6.07) is 8.35. The Balaban J connectivity index is 1.82. The molecule has 1 saturated carbocycles. The molecule has 0 radical (unpaired) electrons. The average Bonchev–Trinajstić information content (AvgIpc) is 2.77. The Morgan fingerprint density at radius 1 is 1.19 bits per heavy atom. The summed E-state index contributed by atoms with van der Waals surface area (Å²) in [4.78, 5) is 0. The smallest absolute Gasteiger partial charge is 0.122 e. The van der Waals surface area contributed by atoms with Crippen molar-refractivity contribution in [3.63, 3.8) is 0 Å². The van der Waals surface area contributed by atoms with E-state index in [0.29, 0.717) is 5.92 Å². The van der Waals surface area contributed by atoms with Crippen molar-refractivity contribution in [1.82, 2.24) is 0 Å². The number of rotatable bonds is 1. The fraction of sp³-hybridized carbons (Fsp3) is 0.571. The molecule has 2 nitrogen and oxygen atoms in total. The molecule has 2 heteroatoms. The fourth-order valence-corrected chi connectivity index (χ4v) is 3.14. The second-order valence-electron chi connectivity index (χ2n) is 5.26. The van der Waals surface area contributed by atoms with Gasteiger partial charge < -0.3 is 10.5 Å². The second kappa shape index (κ2) is 3.77. The molecule has 0 aromatic heterocycles. The van der Waals surface area contributed by atoms with Crippen LogP contribution in [0.5, 0.6) is 5.75 Å². The first kappa shape index (κ1) is 10.2. The van der Waals surface area contributed by atoms with Crippen LogP contribution in [0, 0.1) is 5.92 Å². The summed E-state index contributed by atoms with van der Waals surface area (Å²) in [6.07, 6.45) is 6.00. The summed E-state index contributed by atoms with van der Waals surface area (Å²) in [6.45, 7) is 0.799. The first-order valence-electron chi connectivity index (χ1n) is 6.27. The van der Waals surface area contributed by atoms with Gasteiger partial charge in [-0.1, -0.05) is 31.0 Å². The molecule has 86 valence electrons. The molecule has 0 spiro atoms. The predicted octanol–water partition coefficient (Wildman–Crippen LogP) is 2.51. The van der Waals surface area contributed by atoms with Gasteiger partial charge in [-0.25, -0.2) is 0 Å². The number of benzene rings is 1. The highest BCUT2D eigenvalue weighted by Crippen LogP contribution is 2.39. The number of nitrogens with two attached hydrogens (primary N) is 1. The van der Waals surface area contributed by atoms with E-state index >= 15 is 0 Å². The molecule has 1 atom stereocenters. The van der Waals surface area contributed by atoms with Crippen LogP contribution in [0.4, 0.5) is 0 Å². The lowest BCUT2D eigenvalue weighted by atomic mass is 9.78. The van der Waals surface area contributed by atoms with Gasteiger partial charge in [-0.15, -0.1) is 0 Å². The van der Waals surface area contributed by atoms with Gasteiger partial charge in [0.1, 0.15) is 5.75 Å². The fourth-order valence-electron chi connectivity index (χ4n) is 3.14. The van der Waals surface area contributed by atoms with Crippen molar-refractivity contribution in [3.8, 4) is 5.75 Å². The third-order valence-corrected chi connectivity index (χ3v) is 4.23. The Hall–Kier alpha value is -1.02. The van der Waals surface area contributed by atoms with Crippen LogP contribution in [-0.4, -0.2) is 12.1 Å². The molecular formula is C14H19NO. The van der Waals surface area contributed by atoms with Crippen molar-refractivity contribution in [2.75, 3.05) is 6.61 Å². The molecule has 0 bridgehead atoms. The van der Waals surface area contributed by atoms with E-state index in [1.165, 1.54) is 31.2 Å². The first-order valence-corrected chi connectivity index (χ1v) is 6.27. The van der Waals surface area contributed by atoms with Gasteiger partial charge >= 0.3 is 0 Å². The molecule has 16 heavy (non-hydrogen) atoms. The van der Waals surface area contributed by atoms with Crippen molar-refractivity contribution >= 4 is 0 Å². The van der Waals surface area contributed by atoms with Crippen LogP contribution < -0.4 is 10.5 Å². The van der Waals surface area contributed by atoms with E-state index in [-0.39, 0.29) is 5.54 Å².